The van der Waals surface area contributed by atoms with E-state index in [4.69, 9.17) is 0 Å². The highest BCUT2D eigenvalue weighted by Crippen LogP contribution is 2.30. The van der Waals surface area contributed by atoms with Gasteiger partial charge in [-0.3, -0.25) is 14.5 Å². The first-order valence-electron chi connectivity index (χ1n) is 11.8. The van der Waals surface area contributed by atoms with Crippen molar-refractivity contribution in [2.24, 2.45) is 0 Å². The zero-order valence-electron chi connectivity index (χ0n) is 19.8. The number of rotatable bonds is 6. The molecule has 2 aromatic rings. The Bertz CT molecular complexity index is 1250. The fourth-order valence-electron chi connectivity index (χ4n) is 5.24. The van der Waals surface area contributed by atoms with Gasteiger partial charge in [0, 0.05) is 37.1 Å². The molecule has 8 heteroatoms. The molecular formula is C27H29FN4O3. The molecule has 3 atom stereocenters. The Kier molecular flexibility index (Phi) is 6.17. The number of fused-ring (bicyclic) bond motifs is 1. The molecule has 1 aliphatic carbocycles. The molecule has 0 spiro atoms. The molecule has 1 fully saturated rings. The van der Waals surface area contributed by atoms with E-state index in [1.807, 2.05) is 44.2 Å². The van der Waals surface area contributed by atoms with E-state index in [2.05, 4.69) is 15.2 Å². The van der Waals surface area contributed by atoms with Gasteiger partial charge in [-0.15, -0.1) is 0 Å². The molecule has 3 unspecified atom stereocenters. The van der Waals surface area contributed by atoms with Gasteiger partial charge in [-0.25, -0.2) is 4.39 Å². The van der Waals surface area contributed by atoms with Crippen molar-refractivity contribution in [1.82, 2.24) is 20.1 Å². The molecule has 2 aliphatic heterocycles. The van der Waals surface area contributed by atoms with Crippen molar-refractivity contribution in [3.05, 3.63) is 94.1 Å². The van der Waals surface area contributed by atoms with Crippen LogP contribution in [0.1, 0.15) is 32.9 Å². The van der Waals surface area contributed by atoms with Crippen LogP contribution in [0.5, 0.6) is 0 Å². The number of carbonyl (C=O) groups is 2. The fourth-order valence-corrected chi connectivity index (χ4v) is 5.24. The second-order valence-electron chi connectivity index (χ2n) is 9.50. The maximum Gasteiger partial charge on any atom is 0.253 e. The van der Waals surface area contributed by atoms with Gasteiger partial charge < -0.3 is 20.3 Å². The highest BCUT2D eigenvalue weighted by molar-refractivity contribution is 5.97. The van der Waals surface area contributed by atoms with Crippen LogP contribution in [0.3, 0.4) is 0 Å². The first-order valence-corrected chi connectivity index (χ1v) is 11.8. The highest BCUT2D eigenvalue weighted by atomic mass is 19.1. The predicted octanol–water partition coefficient (Wildman–Crippen LogP) is 2.67. The molecule has 0 radical (unpaired) electrons. The molecular weight excluding hydrogens is 447 g/mol. The third kappa shape index (κ3) is 4.59. The standard InChI is InChI=1S/C27H29FN4O3/c1-16-21(14-32-23-9-8-20(28)10-19(23)11-25(32)34)29-17(2)26(16)27(35)30-22-13-31(15-24(22)33)12-18-6-4-3-5-7-18/h3-11,22-24,29,33H,12-15H2,1-2H3,(H,30,35). The number of amides is 2. The number of allylic oxidation sites excluding steroid dienone is 2. The molecule has 0 bridgehead atoms. The molecule has 3 N–H and O–H groups in total. The number of aromatic amines is 1. The minimum Gasteiger partial charge on any atom is -0.390 e. The molecule has 3 aliphatic rings. The summed E-state index contributed by atoms with van der Waals surface area (Å²) in [5.74, 6) is -0.808. The lowest BCUT2D eigenvalue weighted by molar-refractivity contribution is -0.126. The number of aryl methyl sites for hydroxylation is 1. The number of hydrogen-bond acceptors (Lipinski definition) is 4. The average molecular weight is 477 g/mol. The molecule has 7 nitrogen and oxygen atoms in total. The van der Waals surface area contributed by atoms with Crippen molar-refractivity contribution in [3.8, 4) is 0 Å². The number of nitrogens with one attached hydrogen (secondary N) is 2. The van der Waals surface area contributed by atoms with E-state index < -0.39 is 6.10 Å². The topological polar surface area (TPSA) is 88.7 Å². The van der Waals surface area contributed by atoms with Crippen LogP contribution >= 0.6 is 0 Å². The molecule has 35 heavy (non-hydrogen) atoms. The zero-order chi connectivity index (χ0) is 24.7. The van der Waals surface area contributed by atoms with E-state index in [1.165, 1.54) is 18.2 Å². The number of H-pyrrole nitrogens is 1. The van der Waals surface area contributed by atoms with Crippen molar-refractivity contribution >= 4 is 11.8 Å². The monoisotopic (exact) mass is 476 g/mol. The number of benzene rings is 1. The van der Waals surface area contributed by atoms with Gasteiger partial charge in [-0.2, -0.15) is 0 Å². The van der Waals surface area contributed by atoms with Crippen molar-refractivity contribution in [2.45, 2.75) is 45.1 Å². The molecule has 1 aromatic heterocycles. The summed E-state index contributed by atoms with van der Waals surface area (Å²) in [5, 5.41) is 13.6. The Labute approximate surface area is 203 Å². The lowest BCUT2D eigenvalue weighted by atomic mass is 10.0. The van der Waals surface area contributed by atoms with Crippen LogP contribution in [0.4, 0.5) is 4.39 Å². The molecule has 1 aromatic carbocycles. The number of aliphatic hydroxyl groups is 1. The van der Waals surface area contributed by atoms with Crippen LogP contribution in [0, 0.1) is 13.8 Å². The number of carbonyl (C=O) groups excluding carboxylic acids is 2. The second kappa shape index (κ2) is 9.28. The lowest BCUT2D eigenvalue weighted by Gasteiger charge is -2.25. The number of nitrogens with zero attached hydrogens (tertiary/aromatic N) is 2. The van der Waals surface area contributed by atoms with E-state index in [9.17, 15) is 19.1 Å². The third-order valence-corrected chi connectivity index (χ3v) is 7.02. The van der Waals surface area contributed by atoms with Crippen LogP contribution in [0.25, 0.3) is 0 Å². The molecule has 182 valence electrons. The number of aromatic nitrogens is 1. The molecule has 5 rings (SSSR count). The Morgan fingerprint density at radius 3 is 2.71 bits per heavy atom. The van der Waals surface area contributed by atoms with Crippen LogP contribution < -0.4 is 5.32 Å². The third-order valence-electron chi connectivity index (χ3n) is 7.02. The maximum absolute atomic E-state index is 13.6. The summed E-state index contributed by atoms with van der Waals surface area (Å²) in [7, 11) is 0. The fraction of sp³-hybridized carbons (Fsp3) is 0.333. The summed E-state index contributed by atoms with van der Waals surface area (Å²) in [6.07, 6.45) is 5.22. The summed E-state index contributed by atoms with van der Waals surface area (Å²) in [4.78, 5) is 32.8. The lowest BCUT2D eigenvalue weighted by Crippen LogP contribution is -2.43. The number of halogens is 1. The summed E-state index contributed by atoms with van der Waals surface area (Å²) < 4.78 is 13.6. The van der Waals surface area contributed by atoms with Crippen molar-refractivity contribution in [1.29, 1.82) is 0 Å². The van der Waals surface area contributed by atoms with Gasteiger partial charge in [0.2, 0.25) is 5.91 Å². The van der Waals surface area contributed by atoms with E-state index in [0.29, 0.717) is 36.5 Å². The van der Waals surface area contributed by atoms with Crippen molar-refractivity contribution < 1.29 is 19.1 Å². The number of hydrogen-bond donors (Lipinski definition) is 3. The predicted molar refractivity (Wildman–Crippen MR) is 130 cm³/mol. The Hall–Kier alpha value is -3.49. The van der Waals surface area contributed by atoms with Gasteiger partial charge in [0.15, 0.2) is 0 Å². The molecule has 2 amide bonds. The Morgan fingerprint density at radius 2 is 1.94 bits per heavy atom. The number of likely N-dealkylation sites (tertiary alicyclic amines) is 1. The summed E-state index contributed by atoms with van der Waals surface area (Å²) in [6, 6.07) is 9.36. The molecule has 0 saturated carbocycles. The summed E-state index contributed by atoms with van der Waals surface area (Å²) in [6.45, 7) is 5.72. The van der Waals surface area contributed by atoms with Crippen LogP contribution in [0.15, 0.2) is 66.0 Å². The van der Waals surface area contributed by atoms with E-state index in [0.717, 1.165) is 16.8 Å². The number of β-amino-alcohol motifs (C(OH)–C–C–N with tert-alkyl or cyclic N) is 1. The maximum atomic E-state index is 13.6. The smallest absolute Gasteiger partial charge is 0.253 e. The van der Waals surface area contributed by atoms with Crippen LogP contribution in [0.2, 0.25) is 0 Å². The molecule has 3 heterocycles. The van der Waals surface area contributed by atoms with Gasteiger partial charge in [-0.05, 0) is 42.7 Å². The van der Waals surface area contributed by atoms with Crippen molar-refractivity contribution in [2.75, 3.05) is 13.1 Å². The van der Waals surface area contributed by atoms with E-state index in [1.54, 1.807) is 11.0 Å². The molecule has 1 saturated heterocycles. The quantitative estimate of drug-likeness (QED) is 0.598. The Morgan fingerprint density at radius 1 is 1.17 bits per heavy atom. The van der Waals surface area contributed by atoms with Gasteiger partial charge in [-0.1, -0.05) is 36.4 Å². The minimum atomic E-state index is -0.653. The average Bonchev–Trinajstić information content (AvgIpc) is 3.41. The first-order chi connectivity index (χ1) is 16.8. The Balaban J connectivity index is 1.26. The van der Waals surface area contributed by atoms with Gasteiger partial charge in [0.25, 0.3) is 5.91 Å². The van der Waals surface area contributed by atoms with E-state index >= 15 is 0 Å². The first kappa shape index (κ1) is 23.3. The zero-order valence-corrected chi connectivity index (χ0v) is 19.8. The van der Waals surface area contributed by atoms with Crippen molar-refractivity contribution in [3.63, 3.8) is 0 Å². The van der Waals surface area contributed by atoms with Gasteiger partial charge in [0.05, 0.1) is 30.3 Å². The van der Waals surface area contributed by atoms with Crippen LogP contribution in [-0.2, 0) is 17.9 Å². The van der Waals surface area contributed by atoms with Gasteiger partial charge >= 0.3 is 0 Å². The largest absolute Gasteiger partial charge is 0.390 e. The number of aliphatic hydroxyl groups excluding tert-OH is 1. The van der Waals surface area contributed by atoms with Gasteiger partial charge in [0.1, 0.15) is 5.83 Å². The van der Waals surface area contributed by atoms with E-state index in [-0.39, 0.29) is 36.3 Å². The minimum absolute atomic E-state index is 0.189. The normalized spacial score (nSPS) is 23.9. The SMILES string of the molecule is Cc1[nH]c(CN2C(=O)C=C3C=C(F)C=CC32)c(C)c1C(=O)NC1CN(Cc2ccccc2)CC1O. The van der Waals surface area contributed by atoms with Crippen LogP contribution in [-0.4, -0.2) is 63.0 Å². The summed E-state index contributed by atoms with van der Waals surface area (Å²) >= 11 is 0. The highest BCUT2D eigenvalue weighted by Gasteiger charge is 2.35. The summed E-state index contributed by atoms with van der Waals surface area (Å²) in [5.41, 5.74) is 4.54. The second-order valence-corrected chi connectivity index (χ2v) is 9.50.